The fourth-order valence-electron chi connectivity index (χ4n) is 6.36. The number of nitrogens with one attached hydrogen (secondary N) is 1. The van der Waals surface area contributed by atoms with E-state index < -0.39 is 0 Å². The first-order valence-electron chi connectivity index (χ1n) is 13.4. The minimum atomic E-state index is -0.150. The van der Waals surface area contributed by atoms with Gasteiger partial charge < -0.3 is 10.6 Å². The van der Waals surface area contributed by atoms with Gasteiger partial charge in [-0.3, -0.25) is 14.7 Å². The fourth-order valence-corrected chi connectivity index (χ4v) is 6.36. The number of pyridine rings is 1. The number of hydrogen-bond donors (Lipinski definition) is 2. The van der Waals surface area contributed by atoms with E-state index in [4.69, 9.17) is 10.7 Å². The van der Waals surface area contributed by atoms with E-state index in [2.05, 4.69) is 25.4 Å². The van der Waals surface area contributed by atoms with Crippen LogP contribution in [0.3, 0.4) is 0 Å². The second-order valence-corrected chi connectivity index (χ2v) is 10.7. The molecule has 2 aliphatic rings. The maximum atomic E-state index is 13.2. The molecule has 12 nitrogen and oxygen atoms in total. The SMILES string of the molecule is CC(=O)c1c(C2CC3CCC(C2)N3C(=O)c2ccn[nH]2)nc2c(-c3ccc(-n4cc(C)cn4)nc3)cnn2c1N. The van der Waals surface area contributed by atoms with Crippen molar-refractivity contribution in [3.63, 3.8) is 0 Å². The largest absolute Gasteiger partial charge is 0.383 e. The van der Waals surface area contributed by atoms with Crippen molar-refractivity contribution in [1.29, 1.82) is 0 Å². The molecule has 2 bridgehead atoms. The first kappa shape index (κ1) is 24.2. The lowest BCUT2D eigenvalue weighted by atomic mass is 9.85. The Bertz CT molecular complexity index is 1740. The van der Waals surface area contributed by atoms with E-state index in [1.165, 1.54) is 11.4 Å². The van der Waals surface area contributed by atoms with E-state index >= 15 is 0 Å². The highest BCUT2D eigenvalue weighted by atomic mass is 16.2. The molecule has 40 heavy (non-hydrogen) atoms. The summed E-state index contributed by atoms with van der Waals surface area (Å²) in [5, 5.41) is 15.5. The van der Waals surface area contributed by atoms with Crippen LogP contribution >= 0.6 is 0 Å². The summed E-state index contributed by atoms with van der Waals surface area (Å²) in [6, 6.07) is 5.67. The number of ketones is 1. The van der Waals surface area contributed by atoms with Crippen LogP contribution in [0.25, 0.3) is 22.6 Å². The molecule has 3 N–H and O–H groups in total. The minimum absolute atomic E-state index is 0.0131. The summed E-state index contributed by atoms with van der Waals surface area (Å²) in [6.45, 7) is 3.49. The number of nitrogens with zero attached hydrogens (tertiary/aromatic N) is 8. The predicted molar refractivity (Wildman–Crippen MR) is 146 cm³/mol. The lowest BCUT2D eigenvalue weighted by Crippen LogP contribution is -2.46. The predicted octanol–water partition coefficient (Wildman–Crippen LogP) is 3.34. The number of fused-ring (bicyclic) bond motifs is 3. The van der Waals surface area contributed by atoms with Crippen molar-refractivity contribution in [2.75, 3.05) is 5.73 Å². The summed E-state index contributed by atoms with van der Waals surface area (Å²) in [6.07, 6.45) is 12.0. The average molecular weight is 537 g/mol. The standard InChI is InChI=1S/C28H28N10O2/c1-15-11-32-36(14-15)23-6-3-17(12-30-23)21-13-33-38-26(29)24(16(2)39)25(34-27(21)38)18-9-19-4-5-20(10-18)37(19)28(40)22-7-8-31-35-22/h3,6-8,11-14,18-20H,4-5,9-10,29H2,1-2H3,(H,31,35). The number of piperidine rings is 1. The Hall–Kier alpha value is -4.87. The van der Waals surface area contributed by atoms with E-state index in [0.29, 0.717) is 41.3 Å². The van der Waals surface area contributed by atoms with Crippen LogP contribution in [0.1, 0.15) is 70.6 Å². The topological polar surface area (TPSA) is 153 Å². The minimum Gasteiger partial charge on any atom is -0.383 e. The Morgan fingerprint density at radius 1 is 1.05 bits per heavy atom. The number of rotatable bonds is 5. The highest BCUT2D eigenvalue weighted by Crippen LogP contribution is 2.45. The number of aryl methyl sites for hydroxylation is 1. The molecule has 0 spiro atoms. The van der Waals surface area contributed by atoms with Crippen molar-refractivity contribution in [2.24, 2.45) is 0 Å². The quantitative estimate of drug-likeness (QED) is 0.324. The maximum Gasteiger partial charge on any atom is 0.272 e. The number of anilines is 1. The Balaban J connectivity index is 1.26. The summed E-state index contributed by atoms with van der Waals surface area (Å²) in [4.78, 5) is 37.7. The van der Waals surface area contributed by atoms with Gasteiger partial charge >= 0.3 is 0 Å². The number of aromatic nitrogens is 8. The molecule has 2 atom stereocenters. The molecule has 0 aromatic carbocycles. The van der Waals surface area contributed by atoms with Crippen molar-refractivity contribution < 1.29 is 9.59 Å². The van der Waals surface area contributed by atoms with Gasteiger partial charge in [0.05, 0.1) is 23.7 Å². The number of hydrogen-bond acceptors (Lipinski definition) is 8. The molecule has 0 saturated carbocycles. The third-order valence-electron chi connectivity index (χ3n) is 8.15. The highest BCUT2D eigenvalue weighted by molar-refractivity contribution is 6.00. The molecule has 2 saturated heterocycles. The third-order valence-corrected chi connectivity index (χ3v) is 8.15. The number of carbonyl (C=O) groups is 2. The summed E-state index contributed by atoms with van der Waals surface area (Å²) in [5.41, 5.74) is 11.4. The van der Waals surface area contributed by atoms with Crippen LogP contribution in [-0.2, 0) is 0 Å². The molecule has 1 amide bonds. The second kappa shape index (κ2) is 9.11. The van der Waals surface area contributed by atoms with Crippen molar-refractivity contribution in [2.45, 2.75) is 57.5 Å². The molecule has 12 heteroatoms. The first-order valence-corrected chi connectivity index (χ1v) is 13.4. The molecule has 2 aliphatic heterocycles. The smallest absolute Gasteiger partial charge is 0.272 e. The number of nitrogens with two attached hydrogens (primary N) is 1. The van der Waals surface area contributed by atoms with Gasteiger partial charge in [0, 0.05) is 47.7 Å². The van der Waals surface area contributed by atoms with Gasteiger partial charge in [0.1, 0.15) is 11.5 Å². The molecule has 7 heterocycles. The molecular formula is C28H28N10O2. The van der Waals surface area contributed by atoms with E-state index in [0.717, 1.165) is 29.5 Å². The molecule has 0 aliphatic carbocycles. The van der Waals surface area contributed by atoms with Gasteiger partial charge in [-0.1, -0.05) is 0 Å². The molecule has 5 aromatic heterocycles. The van der Waals surface area contributed by atoms with Crippen LogP contribution in [0.15, 0.2) is 49.2 Å². The van der Waals surface area contributed by atoms with Crippen molar-refractivity contribution in [1.82, 2.24) is 44.5 Å². The summed E-state index contributed by atoms with van der Waals surface area (Å²) in [7, 11) is 0. The number of H-pyrrole nitrogens is 1. The normalized spacial score (nSPS) is 20.4. The summed E-state index contributed by atoms with van der Waals surface area (Å²) >= 11 is 0. The monoisotopic (exact) mass is 536 g/mol. The summed E-state index contributed by atoms with van der Waals surface area (Å²) in [5.74, 6) is 0.784. The Labute approximate surface area is 229 Å². The number of amides is 1. The zero-order chi connectivity index (χ0) is 27.5. The van der Waals surface area contributed by atoms with Crippen molar-refractivity contribution in [3.8, 4) is 16.9 Å². The maximum absolute atomic E-state index is 13.2. The van der Waals surface area contributed by atoms with Gasteiger partial charge in [-0.2, -0.15) is 19.8 Å². The van der Waals surface area contributed by atoms with Crippen LogP contribution in [0.4, 0.5) is 5.82 Å². The Morgan fingerprint density at radius 3 is 2.48 bits per heavy atom. The molecule has 5 aromatic rings. The number of nitrogen functional groups attached to an aromatic ring is 1. The summed E-state index contributed by atoms with van der Waals surface area (Å²) < 4.78 is 3.26. The molecule has 2 fully saturated rings. The Kier molecular flexibility index (Phi) is 5.51. The van der Waals surface area contributed by atoms with Gasteiger partial charge in [0.25, 0.3) is 5.91 Å². The average Bonchev–Trinajstić information content (AvgIpc) is 3.75. The molecule has 2 unspecified atom stereocenters. The first-order chi connectivity index (χ1) is 19.4. The van der Waals surface area contributed by atoms with E-state index in [1.807, 2.05) is 30.2 Å². The van der Waals surface area contributed by atoms with Crippen LogP contribution < -0.4 is 5.73 Å². The number of aromatic amines is 1. The van der Waals surface area contributed by atoms with Gasteiger partial charge in [-0.15, -0.1) is 0 Å². The fraction of sp³-hybridized carbons (Fsp3) is 0.321. The zero-order valence-electron chi connectivity index (χ0n) is 22.2. The van der Waals surface area contributed by atoms with Gasteiger partial charge in [-0.25, -0.2) is 14.6 Å². The van der Waals surface area contributed by atoms with Crippen LogP contribution in [-0.4, -0.2) is 68.2 Å². The third kappa shape index (κ3) is 3.78. The second-order valence-electron chi connectivity index (χ2n) is 10.7. The zero-order valence-corrected chi connectivity index (χ0v) is 22.2. The van der Waals surface area contributed by atoms with Crippen molar-refractivity contribution >= 4 is 23.2 Å². The Morgan fingerprint density at radius 2 is 1.85 bits per heavy atom. The highest BCUT2D eigenvalue weighted by Gasteiger charge is 2.45. The van der Waals surface area contributed by atoms with Crippen LogP contribution in [0, 0.1) is 6.92 Å². The lowest BCUT2D eigenvalue weighted by Gasteiger charge is -2.39. The molecular weight excluding hydrogens is 508 g/mol. The molecule has 7 rings (SSSR count). The van der Waals surface area contributed by atoms with Gasteiger partial charge in [0.2, 0.25) is 0 Å². The van der Waals surface area contributed by atoms with E-state index in [-0.39, 0.29) is 35.5 Å². The number of carbonyl (C=O) groups excluding carboxylic acids is 2. The van der Waals surface area contributed by atoms with Crippen molar-refractivity contribution in [3.05, 3.63) is 71.7 Å². The van der Waals surface area contributed by atoms with E-state index in [1.54, 1.807) is 35.5 Å². The van der Waals surface area contributed by atoms with E-state index in [9.17, 15) is 9.59 Å². The number of Topliss-reactive ketones (excluding diaryl/α,β-unsaturated/α-hetero) is 1. The van der Waals surface area contributed by atoms with Crippen LogP contribution in [0.2, 0.25) is 0 Å². The van der Waals surface area contributed by atoms with Gasteiger partial charge in [-0.05, 0) is 63.3 Å². The van der Waals surface area contributed by atoms with Gasteiger partial charge in [0.15, 0.2) is 17.2 Å². The molecule has 0 radical (unpaired) electrons. The van der Waals surface area contributed by atoms with Crippen LogP contribution in [0.5, 0.6) is 0 Å². The molecule has 202 valence electrons. The lowest BCUT2D eigenvalue weighted by molar-refractivity contribution is 0.0562.